The van der Waals surface area contributed by atoms with Crippen LogP contribution in [0, 0.1) is 5.92 Å². The highest BCUT2D eigenvalue weighted by Gasteiger charge is 2.22. The number of nitrogens with zero attached hydrogens (tertiary/aromatic N) is 1. The molecule has 0 aromatic rings. The normalized spacial score (nSPS) is 18.3. The summed E-state index contributed by atoms with van der Waals surface area (Å²) in [5.74, 6) is 1.11. The maximum atomic E-state index is 11.3. The quantitative estimate of drug-likeness (QED) is 0.679. The monoisotopic (exact) mass is 212 g/mol. The average molecular weight is 212 g/mol. The van der Waals surface area contributed by atoms with Crippen LogP contribution in [-0.4, -0.2) is 37.5 Å². The summed E-state index contributed by atoms with van der Waals surface area (Å²) in [6, 6.07) is 0.633. The van der Waals surface area contributed by atoms with Gasteiger partial charge in [-0.2, -0.15) is 0 Å². The molecule has 1 rings (SSSR count). The molecule has 3 nitrogen and oxygen atoms in total. The van der Waals surface area contributed by atoms with Crippen molar-refractivity contribution in [3.8, 4) is 0 Å². The van der Waals surface area contributed by atoms with Gasteiger partial charge in [-0.1, -0.05) is 6.42 Å². The van der Waals surface area contributed by atoms with Crippen LogP contribution in [0.4, 0.5) is 0 Å². The maximum Gasteiger partial charge on any atom is 0.222 e. The van der Waals surface area contributed by atoms with Crippen molar-refractivity contribution >= 4 is 5.91 Å². The Balaban J connectivity index is 1.98. The van der Waals surface area contributed by atoms with Crippen molar-refractivity contribution in [1.29, 1.82) is 0 Å². The fourth-order valence-corrected chi connectivity index (χ4v) is 1.90. The molecule has 0 spiro atoms. The summed E-state index contributed by atoms with van der Waals surface area (Å²) in [6.07, 6.45) is 5.77. The molecule has 1 aliphatic rings. The van der Waals surface area contributed by atoms with Crippen molar-refractivity contribution in [3.05, 3.63) is 0 Å². The maximum absolute atomic E-state index is 11.3. The van der Waals surface area contributed by atoms with Gasteiger partial charge in [-0.05, 0) is 38.6 Å². The molecule has 1 N–H and O–H groups in total. The van der Waals surface area contributed by atoms with Crippen molar-refractivity contribution in [2.45, 2.75) is 45.1 Å². The van der Waals surface area contributed by atoms with Crippen molar-refractivity contribution in [2.24, 2.45) is 5.92 Å². The number of hydrogen-bond donors (Lipinski definition) is 1. The molecule has 0 saturated heterocycles. The molecule has 3 heteroatoms. The van der Waals surface area contributed by atoms with Gasteiger partial charge in [0.05, 0.1) is 0 Å². The van der Waals surface area contributed by atoms with E-state index in [0.29, 0.717) is 12.5 Å². The molecule has 0 radical (unpaired) electrons. The predicted octanol–water partition coefficient (Wildman–Crippen LogP) is 1.63. The highest BCUT2D eigenvalue weighted by atomic mass is 16.2. The minimum atomic E-state index is 0.230. The Morgan fingerprint density at radius 3 is 2.60 bits per heavy atom. The third-order valence-corrected chi connectivity index (χ3v) is 3.39. The van der Waals surface area contributed by atoms with Crippen LogP contribution in [-0.2, 0) is 4.79 Å². The Labute approximate surface area is 93.2 Å². The molecular weight excluding hydrogens is 188 g/mol. The van der Waals surface area contributed by atoms with Gasteiger partial charge in [0.1, 0.15) is 0 Å². The average Bonchev–Trinajstić information content (AvgIpc) is 2.08. The number of carbonyl (C=O) groups excluding carboxylic acids is 1. The van der Waals surface area contributed by atoms with Gasteiger partial charge in [-0.3, -0.25) is 4.79 Å². The molecule has 0 aliphatic heterocycles. The molecule has 88 valence electrons. The number of hydrogen-bond acceptors (Lipinski definition) is 2. The van der Waals surface area contributed by atoms with Gasteiger partial charge in [0, 0.05) is 26.6 Å². The molecule has 0 aromatic heterocycles. The molecule has 1 unspecified atom stereocenters. The van der Waals surface area contributed by atoms with Gasteiger partial charge in [-0.25, -0.2) is 0 Å². The first-order valence-electron chi connectivity index (χ1n) is 6.05. The lowest BCUT2D eigenvalue weighted by atomic mass is 9.80. The van der Waals surface area contributed by atoms with E-state index in [2.05, 4.69) is 12.2 Å². The smallest absolute Gasteiger partial charge is 0.222 e. The Kier molecular flexibility index (Phi) is 5.09. The summed E-state index contributed by atoms with van der Waals surface area (Å²) in [7, 11) is 3.62. The largest absolute Gasteiger partial charge is 0.349 e. The van der Waals surface area contributed by atoms with Gasteiger partial charge in [0.2, 0.25) is 5.91 Å². The summed E-state index contributed by atoms with van der Waals surface area (Å²) in [5.41, 5.74) is 0. The highest BCUT2D eigenvalue weighted by molar-refractivity contribution is 5.75. The van der Waals surface area contributed by atoms with Crippen molar-refractivity contribution in [1.82, 2.24) is 10.2 Å². The van der Waals surface area contributed by atoms with E-state index in [1.165, 1.54) is 19.3 Å². The van der Waals surface area contributed by atoms with E-state index in [0.717, 1.165) is 18.9 Å². The van der Waals surface area contributed by atoms with E-state index >= 15 is 0 Å². The zero-order valence-electron chi connectivity index (χ0n) is 10.3. The summed E-state index contributed by atoms with van der Waals surface area (Å²) in [4.78, 5) is 12.9. The number of amides is 1. The van der Waals surface area contributed by atoms with Crippen LogP contribution in [0.1, 0.15) is 39.0 Å². The Bertz CT molecular complexity index is 200. The van der Waals surface area contributed by atoms with Crippen LogP contribution >= 0.6 is 0 Å². The van der Waals surface area contributed by atoms with Crippen molar-refractivity contribution in [2.75, 3.05) is 20.6 Å². The summed E-state index contributed by atoms with van der Waals surface area (Å²) in [6.45, 7) is 3.23. The Morgan fingerprint density at radius 2 is 2.13 bits per heavy atom. The topological polar surface area (TPSA) is 32.3 Å². The van der Waals surface area contributed by atoms with Crippen LogP contribution in [0.5, 0.6) is 0 Å². The third kappa shape index (κ3) is 4.20. The van der Waals surface area contributed by atoms with E-state index in [-0.39, 0.29) is 5.91 Å². The van der Waals surface area contributed by atoms with Gasteiger partial charge in [0.25, 0.3) is 0 Å². The van der Waals surface area contributed by atoms with Crippen LogP contribution in [0.25, 0.3) is 0 Å². The SMILES string of the molecule is CC(NCCCC(=O)N(C)C)C1CCC1. The fourth-order valence-electron chi connectivity index (χ4n) is 1.90. The molecule has 1 saturated carbocycles. The first-order chi connectivity index (χ1) is 7.11. The standard InChI is InChI=1S/C12H24N2O/c1-10(11-6-4-7-11)13-9-5-8-12(15)14(2)3/h10-11,13H,4-9H2,1-3H3. The first-order valence-corrected chi connectivity index (χ1v) is 6.05. The Morgan fingerprint density at radius 1 is 1.47 bits per heavy atom. The van der Waals surface area contributed by atoms with Crippen LogP contribution < -0.4 is 5.32 Å². The van der Waals surface area contributed by atoms with Crippen LogP contribution in [0.2, 0.25) is 0 Å². The fraction of sp³-hybridized carbons (Fsp3) is 0.917. The second-order valence-electron chi connectivity index (χ2n) is 4.83. The van der Waals surface area contributed by atoms with E-state index in [1.54, 1.807) is 4.90 Å². The lowest BCUT2D eigenvalue weighted by molar-refractivity contribution is -0.128. The molecule has 1 atom stereocenters. The molecule has 0 aromatic carbocycles. The summed E-state index contributed by atoms with van der Waals surface area (Å²) >= 11 is 0. The second-order valence-corrected chi connectivity index (χ2v) is 4.83. The van der Waals surface area contributed by atoms with E-state index in [1.807, 2.05) is 14.1 Å². The molecule has 15 heavy (non-hydrogen) atoms. The van der Waals surface area contributed by atoms with Crippen LogP contribution in [0.3, 0.4) is 0 Å². The Hall–Kier alpha value is -0.570. The molecule has 0 bridgehead atoms. The van der Waals surface area contributed by atoms with E-state index in [9.17, 15) is 4.79 Å². The number of carbonyl (C=O) groups is 1. The van der Waals surface area contributed by atoms with Crippen LogP contribution in [0.15, 0.2) is 0 Å². The molecule has 0 heterocycles. The molecular formula is C12H24N2O. The first kappa shape index (κ1) is 12.5. The van der Waals surface area contributed by atoms with Gasteiger partial charge < -0.3 is 10.2 Å². The zero-order chi connectivity index (χ0) is 11.3. The van der Waals surface area contributed by atoms with Gasteiger partial charge in [-0.15, -0.1) is 0 Å². The lowest BCUT2D eigenvalue weighted by Crippen LogP contribution is -2.37. The minimum Gasteiger partial charge on any atom is -0.349 e. The highest BCUT2D eigenvalue weighted by Crippen LogP contribution is 2.29. The summed E-state index contributed by atoms with van der Waals surface area (Å²) in [5, 5.41) is 3.51. The third-order valence-electron chi connectivity index (χ3n) is 3.39. The van der Waals surface area contributed by atoms with E-state index < -0.39 is 0 Å². The lowest BCUT2D eigenvalue weighted by Gasteiger charge is -2.32. The summed E-state index contributed by atoms with van der Waals surface area (Å²) < 4.78 is 0. The zero-order valence-corrected chi connectivity index (χ0v) is 10.3. The molecule has 1 fully saturated rings. The van der Waals surface area contributed by atoms with E-state index in [4.69, 9.17) is 0 Å². The minimum absolute atomic E-state index is 0.230. The molecule has 1 aliphatic carbocycles. The second kappa shape index (κ2) is 6.11. The number of rotatable bonds is 6. The number of nitrogens with one attached hydrogen (secondary N) is 1. The van der Waals surface area contributed by atoms with Crippen molar-refractivity contribution in [3.63, 3.8) is 0 Å². The van der Waals surface area contributed by atoms with Crippen molar-refractivity contribution < 1.29 is 4.79 Å². The van der Waals surface area contributed by atoms with Gasteiger partial charge >= 0.3 is 0 Å². The molecule has 1 amide bonds. The van der Waals surface area contributed by atoms with Gasteiger partial charge in [0.15, 0.2) is 0 Å². The predicted molar refractivity (Wildman–Crippen MR) is 62.7 cm³/mol.